The summed E-state index contributed by atoms with van der Waals surface area (Å²) in [5.74, 6) is 0. The fourth-order valence-corrected chi connectivity index (χ4v) is 3.54. The molecule has 8 nitrogen and oxygen atoms in total. The molecule has 1 saturated carbocycles. The molecule has 0 aromatic heterocycles. The molecule has 0 aliphatic heterocycles. The van der Waals surface area contributed by atoms with Gasteiger partial charge in [-0.3, -0.25) is 19.7 Å². The molecule has 0 amide bonds. The largest absolute Gasteiger partial charge is 0.376 e. The Morgan fingerprint density at radius 1 is 1.04 bits per heavy atom. The molecule has 26 heavy (non-hydrogen) atoms. The van der Waals surface area contributed by atoms with Gasteiger partial charge in [-0.25, -0.2) is 0 Å². The number of nitrogens with zero attached hydrogens (tertiary/aromatic N) is 2. The molecule has 0 heterocycles. The molecule has 2 N–H and O–H groups in total. The molecule has 0 bridgehead atoms. The van der Waals surface area contributed by atoms with Crippen LogP contribution in [-0.4, -0.2) is 36.0 Å². The highest BCUT2D eigenvalue weighted by Crippen LogP contribution is 2.28. The van der Waals surface area contributed by atoms with Gasteiger partial charge in [-0.05, 0) is 39.1 Å². The Kier molecular flexibility index (Phi) is 5.03. The van der Waals surface area contributed by atoms with Crippen molar-refractivity contribution in [3.05, 3.63) is 54.8 Å². The third-order valence-electron chi connectivity index (χ3n) is 4.98. The lowest BCUT2D eigenvalue weighted by Gasteiger charge is -2.37. The van der Waals surface area contributed by atoms with Crippen molar-refractivity contribution in [2.45, 2.75) is 37.8 Å². The summed E-state index contributed by atoms with van der Waals surface area (Å²) in [5.41, 5.74) is -0.0481. The number of likely N-dealkylation sites (N-methyl/N-ethyl adjacent to an activating group) is 1. The Labute approximate surface area is 150 Å². The average Bonchev–Trinajstić information content (AvgIpc) is 2.64. The van der Waals surface area contributed by atoms with Gasteiger partial charge in [0, 0.05) is 29.9 Å². The van der Waals surface area contributed by atoms with E-state index in [1.807, 2.05) is 14.1 Å². The van der Waals surface area contributed by atoms with E-state index in [2.05, 4.69) is 15.5 Å². The van der Waals surface area contributed by atoms with E-state index in [0.29, 0.717) is 17.4 Å². The second-order valence-electron chi connectivity index (χ2n) is 6.90. The molecule has 2 atom stereocenters. The second kappa shape index (κ2) is 7.25. The maximum absolute atomic E-state index is 12.0. The SMILES string of the molecule is CN(C)[C@@H]1CCCCC1Nc1c(Nc2ccc([N+](=O)[O-])cc2)c(=O)c1=O. The van der Waals surface area contributed by atoms with E-state index < -0.39 is 15.8 Å². The van der Waals surface area contributed by atoms with E-state index >= 15 is 0 Å². The summed E-state index contributed by atoms with van der Waals surface area (Å²) < 4.78 is 0. The number of hydrogen-bond acceptors (Lipinski definition) is 7. The number of benzene rings is 1. The molecule has 2 aromatic carbocycles. The maximum Gasteiger partial charge on any atom is 0.269 e. The van der Waals surface area contributed by atoms with Gasteiger partial charge in [-0.15, -0.1) is 0 Å². The van der Waals surface area contributed by atoms with Gasteiger partial charge in [-0.2, -0.15) is 0 Å². The fraction of sp³-hybridized carbons (Fsp3) is 0.444. The summed E-state index contributed by atoms with van der Waals surface area (Å²) in [6, 6.07) is 6.15. The van der Waals surface area contributed by atoms with Crippen molar-refractivity contribution < 1.29 is 4.92 Å². The molecule has 1 aliphatic carbocycles. The van der Waals surface area contributed by atoms with Crippen LogP contribution in [0.25, 0.3) is 0 Å². The van der Waals surface area contributed by atoms with Crippen molar-refractivity contribution in [3.63, 3.8) is 0 Å². The maximum atomic E-state index is 12.0. The monoisotopic (exact) mass is 358 g/mol. The van der Waals surface area contributed by atoms with Gasteiger partial charge in [-0.1, -0.05) is 12.8 Å². The Balaban J connectivity index is 1.78. The van der Waals surface area contributed by atoms with Gasteiger partial charge < -0.3 is 15.5 Å². The van der Waals surface area contributed by atoms with Crippen LogP contribution >= 0.6 is 0 Å². The van der Waals surface area contributed by atoms with E-state index in [1.54, 1.807) is 0 Å². The summed E-state index contributed by atoms with van der Waals surface area (Å²) in [7, 11) is 4.03. The minimum atomic E-state index is -0.567. The highest BCUT2D eigenvalue weighted by molar-refractivity contribution is 5.79. The number of nitro groups is 1. The molecule has 0 spiro atoms. The number of anilines is 3. The van der Waals surface area contributed by atoms with Crippen molar-refractivity contribution in [3.8, 4) is 0 Å². The predicted molar refractivity (Wildman–Crippen MR) is 101 cm³/mol. The average molecular weight is 358 g/mol. The Bertz CT molecular complexity index is 868. The number of nitrogens with one attached hydrogen (secondary N) is 2. The topological polar surface area (TPSA) is 105 Å². The molecule has 2 aromatic rings. The number of rotatable bonds is 6. The van der Waals surface area contributed by atoms with Crippen LogP contribution in [0.4, 0.5) is 22.7 Å². The normalized spacial score (nSPS) is 20.3. The van der Waals surface area contributed by atoms with Crippen LogP contribution in [0.2, 0.25) is 0 Å². The van der Waals surface area contributed by atoms with E-state index in [-0.39, 0.29) is 17.4 Å². The molecule has 0 saturated heterocycles. The van der Waals surface area contributed by atoms with Crippen LogP contribution < -0.4 is 21.5 Å². The highest BCUT2D eigenvalue weighted by Gasteiger charge is 2.30. The minimum Gasteiger partial charge on any atom is -0.376 e. The zero-order valence-corrected chi connectivity index (χ0v) is 14.8. The molecule has 3 rings (SSSR count). The van der Waals surface area contributed by atoms with Crippen LogP contribution in [0, 0.1) is 10.1 Å². The van der Waals surface area contributed by atoms with Crippen LogP contribution in [-0.2, 0) is 0 Å². The van der Waals surface area contributed by atoms with Crippen LogP contribution in [0.3, 0.4) is 0 Å². The zero-order valence-electron chi connectivity index (χ0n) is 14.8. The van der Waals surface area contributed by atoms with Crippen LogP contribution in [0.5, 0.6) is 0 Å². The number of nitro benzene ring substituents is 1. The lowest BCUT2D eigenvalue weighted by Crippen LogP contribution is -2.48. The van der Waals surface area contributed by atoms with Gasteiger partial charge in [0.05, 0.1) is 4.92 Å². The summed E-state index contributed by atoms with van der Waals surface area (Å²) in [6.45, 7) is 0. The smallest absolute Gasteiger partial charge is 0.269 e. The Hall–Kier alpha value is -2.74. The van der Waals surface area contributed by atoms with Gasteiger partial charge in [0.15, 0.2) is 0 Å². The first kappa shape index (κ1) is 18.1. The lowest BCUT2D eigenvalue weighted by atomic mass is 9.89. The second-order valence-corrected chi connectivity index (χ2v) is 6.90. The van der Waals surface area contributed by atoms with Crippen LogP contribution in [0.1, 0.15) is 25.7 Å². The molecule has 1 aliphatic rings. The Morgan fingerprint density at radius 2 is 1.65 bits per heavy atom. The summed E-state index contributed by atoms with van der Waals surface area (Å²) in [4.78, 5) is 36.4. The summed E-state index contributed by atoms with van der Waals surface area (Å²) >= 11 is 0. The van der Waals surface area contributed by atoms with Crippen molar-refractivity contribution in [2.24, 2.45) is 0 Å². The third kappa shape index (κ3) is 3.45. The number of hydrogen-bond donors (Lipinski definition) is 2. The van der Waals surface area contributed by atoms with E-state index in [4.69, 9.17) is 0 Å². The standard InChI is InChI=1S/C18H22N4O4/c1-21(2)14-6-4-3-5-13(14)20-16-15(17(23)18(16)24)19-11-7-9-12(10-8-11)22(25)26/h7-10,13-14,19-20H,3-6H2,1-2H3/t13?,14-/m1/s1. The van der Waals surface area contributed by atoms with Gasteiger partial charge in [0.1, 0.15) is 11.4 Å². The molecule has 1 fully saturated rings. The fourth-order valence-electron chi connectivity index (χ4n) is 3.54. The van der Waals surface area contributed by atoms with Gasteiger partial charge in [0.2, 0.25) is 0 Å². The summed E-state index contributed by atoms with van der Waals surface area (Å²) in [6.07, 6.45) is 4.23. The number of non-ortho nitro benzene ring substituents is 1. The molecule has 1 unspecified atom stereocenters. The van der Waals surface area contributed by atoms with Crippen molar-refractivity contribution >= 4 is 22.7 Å². The first-order valence-corrected chi connectivity index (χ1v) is 8.66. The minimum absolute atomic E-state index is 0.0325. The zero-order chi connectivity index (χ0) is 18.8. The third-order valence-corrected chi connectivity index (χ3v) is 4.98. The first-order valence-electron chi connectivity index (χ1n) is 8.66. The summed E-state index contributed by atoms with van der Waals surface area (Å²) in [5, 5.41) is 16.9. The molecule has 138 valence electrons. The van der Waals surface area contributed by atoms with E-state index in [9.17, 15) is 19.7 Å². The Morgan fingerprint density at radius 3 is 2.27 bits per heavy atom. The molecular formula is C18H22N4O4. The van der Waals surface area contributed by atoms with Crippen LogP contribution in [0.15, 0.2) is 33.9 Å². The molecular weight excluding hydrogens is 336 g/mol. The molecule has 8 heteroatoms. The quantitative estimate of drug-likeness (QED) is 0.463. The van der Waals surface area contributed by atoms with Gasteiger partial charge >= 0.3 is 0 Å². The predicted octanol–water partition coefficient (Wildman–Crippen LogP) is 2.22. The highest BCUT2D eigenvalue weighted by atomic mass is 16.6. The first-order chi connectivity index (χ1) is 12.4. The van der Waals surface area contributed by atoms with E-state index in [0.717, 1.165) is 25.7 Å². The van der Waals surface area contributed by atoms with Crippen molar-refractivity contribution in [1.82, 2.24) is 4.90 Å². The van der Waals surface area contributed by atoms with Crippen molar-refractivity contribution in [1.29, 1.82) is 0 Å². The van der Waals surface area contributed by atoms with E-state index in [1.165, 1.54) is 24.3 Å². The molecule has 0 radical (unpaired) electrons. The van der Waals surface area contributed by atoms with Crippen molar-refractivity contribution in [2.75, 3.05) is 24.7 Å². The van der Waals surface area contributed by atoms with Gasteiger partial charge in [0.25, 0.3) is 16.5 Å². The lowest BCUT2D eigenvalue weighted by molar-refractivity contribution is -0.384.